The Morgan fingerprint density at radius 2 is 1.93 bits per heavy atom. The quantitative estimate of drug-likeness (QED) is 0.699. The van der Waals surface area contributed by atoms with Gasteiger partial charge in [-0.05, 0) is 48.4 Å². The smallest absolute Gasteiger partial charge is 0.313 e. The van der Waals surface area contributed by atoms with Crippen LogP contribution in [0.1, 0.15) is 25.3 Å². The van der Waals surface area contributed by atoms with Crippen LogP contribution in [0.15, 0.2) is 46.0 Å². The number of nitrogens with one attached hydrogen (secondary N) is 2. The summed E-state index contributed by atoms with van der Waals surface area (Å²) in [5.41, 5.74) is 1.68. The van der Waals surface area contributed by atoms with E-state index in [1.165, 1.54) is 15.6 Å². The van der Waals surface area contributed by atoms with E-state index in [1.54, 1.807) is 29.6 Å². The third kappa shape index (κ3) is 4.60. The fourth-order valence-electron chi connectivity index (χ4n) is 3.16. The Bertz CT molecular complexity index is 925. The van der Waals surface area contributed by atoms with Crippen molar-refractivity contribution in [3.63, 3.8) is 0 Å². The average molecular weight is 422 g/mol. The first-order valence-electron chi connectivity index (χ1n) is 9.15. The number of hydrogen-bond donors (Lipinski definition) is 2. The molecule has 7 nitrogen and oxygen atoms in total. The molecule has 1 aromatic heterocycles. The number of aryl methyl sites for hydroxylation is 1. The molecule has 0 aliphatic carbocycles. The van der Waals surface area contributed by atoms with Gasteiger partial charge in [-0.2, -0.15) is 4.31 Å². The van der Waals surface area contributed by atoms with Crippen molar-refractivity contribution < 1.29 is 18.0 Å². The van der Waals surface area contributed by atoms with Gasteiger partial charge in [-0.1, -0.05) is 25.1 Å². The summed E-state index contributed by atoms with van der Waals surface area (Å²) in [6, 6.07) is 10.2. The molecule has 0 radical (unpaired) electrons. The lowest BCUT2D eigenvalue weighted by Gasteiger charge is -2.23. The number of amides is 2. The molecule has 9 heteroatoms. The summed E-state index contributed by atoms with van der Waals surface area (Å²) < 4.78 is 27.2. The summed E-state index contributed by atoms with van der Waals surface area (Å²) in [4.78, 5) is 24.2. The van der Waals surface area contributed by atoms with E-state index in [0.717, 1.165) is 18.4 Å². The van der Waals surface area contributed by atoms with Gasteiger partial charge in [-0.3, -0.25) is 9.59 Å². The second-order valence-corrected chi connectivity index (χ2v) is 9.62. The van der Waals surface area contributed by atoms with Gasteiger partial charge in [0.1, 0.15) is 4.21 Å². The van der Waals surface area contributed by atoms with E-state index in [1.807, 2.05) is 19.1 Å². The lowest BCUT2D eigenvalue weighted by atomic mass is 10.1. The van der Waals surface area contributed by atoms with Crippen LogP contribution in [-0.4, -0.2) is 43.7 Å². The number of benzene rings is 1. The van der Waals surface area contributed by atoms with Crippen LogP contribution in [0.5, 0.6) is 0 Å². The Hall–Kier alpha value is -2.23. The fraction of sp³-hybridized carbons (Fsp3) is 0.368. The fourth-order valence-corrected chi connectivity index (χ4v) is 5.97. The predicted octanol–water partition coefficient (Wildman–Crippen LogP) is 2.22. The van der Waals surface area contributed by atoms with Crippen molar-refractivity contribution >= 4 is 38.9 Å². The summed E-state index contributed by atoms with van der Waals surface area (Å²) >= 11 is 1.17. The minimum atomic E-state index is -3.57. The predicted molar refractivity (Wildman–Crippen MR) is 109 cm³/mol. The molecular weight excluding hydrogens is 398 g/mol. The SMILES string of the molecule is CCc1ccc(NC(=O)C(=O)NC[C@H]2CCCN2S(=O)(=O)c2cccs2)cc1. The van der Waals surface area contributed by atoms with Crippen molar-refractivity contribution in [1.82, 2.24) is 9.62 Å². The number of anilines is 1. The first-order valence-corrected chi connectivity index (χ1v) is 11.5. The Morgan fingerprint density at radius 3 is 2.57 bits per heavy atom. The number of hydrogen-bond acceptors (Lipinski definition) is 5. The van der Waals surface area contributed by atoms with Crippen molar-refractivity contribution in [2.45, 2.75) is 36.4 Å². The van der Waals surface area contributed by atoms with Gasteiger partial charge in [0.15, 0.2) is 0 Å². The molecule has 1 saturated heterocycles. The monoisotopic (exact) mass is 421 g/mol. The van der Waals surface area contributed by atoms with Crippen LogP contribution in [0, 0.1) is 0 Å². The number of nitrogens with zero attached hydrogens (tertiary/aromatic N) is 1. The molecule has 0 spiro atoms. The number of rotatable bonds is 6. The maximum absolute atomic E-state index is 12.7. The summed E-state index contributed by atoms with van der Waals surface area (Å²) in [5.74, 6) is -1.55. The Morgan fingerprint density at radius 1 is 1.18 bits per heavy atom. The van der Waals surface area contributed by atoms with Crippen LogP contribution < -0.4 is 10.6 Å². The molecule has 150 valence electrons. The van der Waals surface area contributed by atoms with Crippen molar-refractivity contribution in [2.24, 2.45) is 0 Å². The molecule has 1 atom stereocenters. The van der Waals surface area contributed by atoms with E-state index in [9.17, 15) is 18.0 Å². The standard InChI is InChI=1S/C19H23N3O4S2/c1-2-14-7-9-15(10-8-14)21-19(24)18(23)20-13-16-5-3-11-22(16)28(25,26)17-6-4-12-27-17/h4,6-10,12,16H,2-3,5,11,13H2,1H3,(H,20,23)(H,21,24)/t16-/m1/s1. The number of carbonyl (C=O) groups excluding carboxylic acids is 2. The van der Waals surface area contributed by atoms with Gasteiger partial charge in [0.25, 0.3) is 10.0 Å². The van der Waals surface area contributed by atoms with Gasteiger partial charge in [0.05, 0.1) is 0 Å². The number of sulfonamides is 1. The molecule has 1 aliphatic heterocycles. The third-order valence-corrected chi connectivity index (χ3v) is 8.03. The molecule has 2 aromatic rings. The highest BCUT2D eigenvalue weighted by Crippen LogP contribution is 2.28. The molecule has 2 N–H and O–H groups in total. The van der Waals surface area contributed by atoms with Gasteiger partial charge in [-0.25, -0.2) is 8.42 Å². The van der Waals surface area contributed by atoms with Crippen LogP contribution in [0.25, 0.3) is 0 Å². The van der Waals surface area contributed by atoms with E-state index in [2.05, 4.69) is 10.6 Å². The molecule has 1 aromatic carbocycles. The highest BCUT2D eigenvalue weighted by Gasteiger charge is 2.36. The molecular formula is C19H23N3O4S2. The second kappa shape index (κ2) is 8.85. The third-order valence-electron chi connectivity index (χ3n) is 4.71. The van der Waals surface area contributed by atoms with Crippen molar-refractivity contribution in [1.29, 1.82) is 0 Å². The van der Waals surface area contributed by atoms with Gasteiger partial charge in [0, 0.05) is 24.8 Å². The highest BCUT2D eigenvalue weighted by atomic mass is 32.2. The first kappa shape index (κ1) is 20.5. The highest BCUT2D eigenvalue weighted by molar-refractivity contribution is 7.91. The number of thiophene rings is 1. The van der Waals surface area contributed by atoms with Crippen molar-refractivity contribution in [3.8, 4) is 0 Å². The first-order chi connectivity index (χ1) is 13.4. The zero-order valence-corrected chi connectivity index (χ0v) is 17.2. The maximum Gasteiger partial charge on any atom is 0.313 e. The van der Waals surface area contributed by atoms with Crippen LogP contribution in [0.3, 0.4) is 0 Å². The lowest BCUT2D eigenvalue weighted by molar-refractivity contribution is -0.136. The molecule has 1 aliphatic rings. The Balaban J connectivity index is 1.56. The molecule has 0 bridgehead atoms. The van der Waals surface area contributed by atoms with Crippen LogP contribution in [0.4, 0.5) is 5.69 Å². The normalized spacial score (nSPS) is 17.4. The molecule has 28 heavy (non-hydrogen) atoms. The molecule has 3 rings (SSSR count). The number of carbonyl (C=O) groups is 2. The van der Waals surface area contributed by atoms with Gasteiger partial charge < -0.3 is 10.6 Å². The summed E-state index contributed by atoms with van der Waals surface area (Å²) in [6.07, 6.45) is 2.26. The maximum atomic E-state index is 12.7. The average Bonchev–Trinajstić information content (AvgIpc) is 3.39. The van der Waals surface area contributed by atoms with Crippen LogP contribution >= 0.6 is 11.3 Å². The minimum absolute atomic E-state index is 0.103. The van der Waals surface area contributed by atoms with Crippen LogP contribution in [0.2, 0.25) is 0 Å². The minimum Gasteiger partial charge on any atom is -0.346 e. The van der Waals surface area contributed by atoms with Gasteiger partial charge in [0.2, 0.25) is 0 Å². The van der Waals surface area contributed by atoms with Crippen molar-refractivity contribution in [2.75, 3.05) is 18.4 Å². The summed E-state index contributed by atoms with van der Waals surface area (Å²) in [5, 5.41) is 6.83. The van der Waals surface area contributed by atoms with E-state index in [-0.39, 0.29) is 12.6 Å². The molecule has 2 heterocycles. The zero-order chi connectivity index (χ0) is 20.1. The zero-order valence-electron chi connectivity index (χ0n) is 15.6. The Kier molecular flexibility index (Phi) is 6.48. The Labute approximate surface area is 168 Å². The van der Waals surface area contributed by atoms with E-state index < -0.39 is 21.8 Å². The lowest BCUT2D eigenvalue weighted by Crippen LogP contribution is -2.45. The van der Waals surface area contributed by atoms with Crippen LogP contribution in [-0.2, 0) is 26.0 Å². The molecule has 2 amide bonds. The van der Waals surface area contributed by atoms with E-state index in [4.69, 9.17) is 0 Å². The van der Waals surface area contributed by atoms with Crippen molar-refractivity contribution in [3.05, 3.63) is 47.3 Å². The summed E-state index contributed by atoms with van der Waals surface area (Å²) in [6.45, 7) is 2.55. The van der Waals surface area contributed by atoms with Gasteiger partial charge >= 0.3 is 11.8 Å². The molecule has 0 saturated carbocycles. The second-order valence-electron chi connectivity index (χ2n) is 6.56. The van der Waals surface area contributed by atoms with E-state index in [0.29, 0.717) is 22.9 Å². The van der Waals surface area contributed by atoms with E-state index >= 15 is 0 Å². The summed E-state index contributed by atoms with van der Waals surface area (Å²) in [7, 11) is -3.57. The topological polar surface area (TPSA) is 95.6 Å². The largest absolute Gasteiger partial charge is 0.346 e. The van der Waals surface area contributed by atoms with Gasteiger partial charge in [-0.15, -0.1) is 11.3 Å². The molecule has 1 fully saturated rings. The molecule has 0 unspecified atom stereocenters.